The Morgan fingerprint density at radius 2 is 1.88 bits per heavy atom. The number of hydrogen-bond donors (Lipinski definition) is 1. The lowest BCUT2D eigenvalue weighted by Crippen LogP contribution is -2.40. The van der Waals surface area contributed by atoms with E-state index in [2.05, 4.69) is 4.99 Å². The highest BCUT2D eigenvalue weighted by Gasteiger charge is 2.35. The van der Waals surface area contributed by atoms with E-state index in [9.17, 15) is 19.5 Å². The van der Waals surface area contributed by atoms with Crippen LogP contribution in [0.1, 0.15) is 47.1 Å². The number of methoxy groups -OCH3 is 2. The van der Waals surface area contributed by atoms with Crippen LogP contribution < -0.4 is 24.4 Å². The molecular formula is C31H28N2O8S. The van der Waals surface area contributed by atoms with Gasteiger partial charge in [-0.05, 0) is 68.8 Å². The third-order valence-electron chi connectivity index (χ3n) is 6.90. The predicted octanol–water partition coefficient (Wildman–Crippen LogP) is 4.08. The molecule has 3 heterocycles. The second kappa shape index (κ2) is 11.5. The minimum atomic E-state index is -1.04. The van der Waals surface area contributed by atoms with Gasteiger partial charge in [0, 0.05) is 17.2 Å². The number of carboxylic acid groups (broad SMARTS) is 1. The lowest BCUT2D eigenvalue weighted by Gasteiger charge is -2.26. The van der Waals surface area contributed by atoms with Gasteiger partial charge >= 0.3 is 11.9 Å². The molecule has 2 aromatic carbocycles. The summed E-state index contributed by atoms with van der Waals surface area (Å²) in [4.78, 5) is 43.6. The zero-order valence-electron chi connectivity index (χ0n) is 23.6. The average molecular weight is 589 g/mol. The maximum absolute atomic E-state index is 14.0. The van der Waals surface area contributed by atoms with Crippen LogP contribution in [-0.2, 0) is 9.53 Å². The molecule has 4 aromatic rings. The van der Waals surface area contributed by atoms with Gasteiger partial charge in [0.25, 0.3) is 5.56 Å². The SMILES string of the molecule is CCOC(=O)C1=C(C)N=c2sc(=Cc3ccc(-c4cc(C(=O)O)ccc4C)o3)c(=O)n2[C@@H]1c1cc(OC)ccc1OC. The molecule has 2 aromatic heterocycles. The van der Waals surface area contributed by atoms with Gasteiger partial charge in [0.2, 0.25) is 0 Å². The van der Waals surface area contributed by atoms with Crippen molar-refractivity contribution in [3.05, 3.63) is 102 Å². The summed E-state index contributed by atoms with van der Waals surface area (Å²) in [6.45, 7) is 5.42. The second-order valence-corrected chi connectivity index (χ2v) is 10.5. The van der Waals surface area contributed by atoms with Crippen molar-refractivity contribution in [1.29, 1.82) is 0 Å². The van der Waals surface area contributed by atoms with Crippen LogP contribution in [0, 0.1) is 6.92 Å². The van der Waals surface area contributed by atoms with Crippen LogP contribution >= 0.6 is 11.3 Å². The van der Waals surface area contributed by atoms with E-state index >= 15 is 0 Å². The lowest BCUT2D eigenvalue weighted by atomic mass is 9.95. The Bertz CT molecular complexity index is 1930. The molecule has 0 saturated carbocycles. The van der Waals surface area contributed by atoms with Gasteiger partial charge in [-0.1, -0.05) is 17.4 Å². The Kier molecular flexibility index (Phi) is 7.86. The molecule has 0 spiro atoms. The summed E-state index contributed by atoms with van der Waals surface area (Å²) >= 11 is 1.16. The van der Waals surface area contributed by atoms with Crippen LogP contribution in [0.5, 0.6) is 11.5 Å². The highest BCUT2D eigenvalue weighted by molar-refractivity contribution is 7.07. The molecule has 0 aliphatic carbocycles. The molecule has 0 bridgehead atoms. The summed E-state index contributed by atoms with van der Waals surface area (Å²) in [7, 11) is 3.04. The lowest BCUT2D eigenvalue weighted by molar-refractivity contribution is -0.139. The standard InChI is InChI=1S/C31H28N2O8S/c1-6-40-30(37)26-17(3)32-31-33(27(26)22-14-19(38-4)9-11-23(22)39-5)28(34)25(42-31)15-20-10-12-24(41-20)21-13-18(29(35)36)8-7-16(21)2/h7-15,27H,6H2,1-5H3,(H,35,36)/t27-/m1/s1. The number of carbonyl (C=O) groups excluding carboxylic acids is 1. The Balaban J connectivity index is 1.67. The minimum Gasteiger partial charge on any atom is -0.497 e. The predicted molar refractivity (Wildman–Crippen MR) is 156 cm³/mol. The number of aromatic carboxylic acids is 1. The van der Waals surface area contributed by atoms with Gasteiger partial charge in [0.05, 0.1) is 42.2 Å². The monoisotopic (exact) mass is 588 g/mol. The maximum atomic E-state index is 14.0. The molecule has 11 heteroatoms. The van der Waals surface area contributed by atoms with Crippen molar-refractivity contribution in [2.75, 3.05) is 20.8 Å². The van der Waals surface area contributed by atoms with Gasteiger partial charge in [-0.25, -0.2) is 14.6 Å². The van der Waals surface area contributed by atoms with E-state index in [-0.39, 0.29) is 23.3 Å². The maximum Gasteiger partial charge on any atom is 0.338 e. The highest BCUT2D eigenvalue weighted by atomic mass is 32.1. The van der Waals surface area contributed by atoms with Gasteiger partial charge in [0.15, 0.2) is 4.80 Å². The summed E-state index contributed by atoms with van der Waals surface area (Å²) < 4.78 is 24.2. The van der Waals surface area contributed by atoms with Crippen LogP contribution in [0.25, 0.3) is 17.4 Å². The number of nitrogens with zero attached hydrogens (tertiary/aromatic N) is 2. The third kappa shape index (κ3) is 5.14. The van der Waals surface area contributed by atoms with Gasteiger partial charge in [0.1, 0.15) is 29.1 Å². The van der Waals surface area contributed by atoms with Crippen LogP contribution in [0.4, 0.5) is 0 Å². The molecule has 0 amide bonds. The molecule has 0 radical (unpaired) electrons. The summed E-state index contributed by atoms with van der Waals surface area (Å²) in [5, 5.41) is 9.40. The number of carboxylic acids is 1. The summed E-state index contributed by atoms with van der Waals surface area (Å²) in [6, 6.07) is 12.5. The fourth-order valence-electron chi connectivity index (χ4n) is 4.86. The number of hydrogen-bond acceptors (Lipinski definition) is 9. The van der Waals surface area contributed by atoms with Crippen molar-refractivity contribution in [2.24, 2.45) is 4.99 Å². The number of carbonyl (C=O) groups is 2. The van der Waals surface area contributed by atoms with E-state index in [0.717, 1.165) is 16.9 Å². The smallest absolute Gasteiger partial charge is 0.338 e. The minimum absolute atomic E-state index is 0.141. The van der Waals surface area contributed by atoms with Crippen molar-refractivity contribution >= 4 is 29.4 Å². The van der Waals surface area contributed by atoms with E-state index in [0.29, 0.717) is 49.2 Å². The zero-order valence-corrected chi connectivity index (χ0v) is 24.4. The number of esters is 1. The number of allylic oxidation sites excluding steroid dienone is 1. The molecule has 42 heavy (non-hydrogen) atoms. The van der Waals surface area contributed by atoms with Gasteiger partial charge < -0.3 is 23.7 Å². The topological polar surface area (TPSA) is 130 Å². The first-order valence-electron chi connectivity index (χ1n) is 13.0. The first-order chi connectivity index (χ1) is 20.2. The van der Waals surface area contributed by atoms with Crippen molar-refractivity contribution in [3.63, 3.8) is 0 Å². The molecular weight excluding hydrogens is 560 g/mol. The Morgan fingerprint density at radius 1 is 1.10 bits per heavy atom. The van der Waals surface area contributed by atoms with Gasteiger partial charge in [-0.3, -0.25) is 9.36 Å². The molecule has 0 unspecified atom stereocenters. The fraction of sp³-hybridized carbons (Fsp3) is 0.226. The quantitative estimate of drug-likeness (QED) is 0.305. The van der Waals surface area contributed by atoms with E-state index < -0.39 is 18.0 Å². The Labute approximate surface area is 244 Å². The molecule has 1 aliphatic heterocycles. The fourth-order valence-corrected chi connectivity index (χ4v) is 5.89. The van der Waals surface area contributed by atoms with Crippen molar-refractivity contribution in [1.82, 2.24) is 4.57 Å². The number of aryl methyl sites for hydroxylation is 1. The number of furan rings is 1. The van der Waals surface area contributed by atoms with Gasteiger partial charge in [-0.15, -0.1) is 0 Å². The van der Waals surface area contributed by atoms with E-state index in [1.54, 1.807) is 62.4 Å². The number of rotatable bonds is 8. The Hall–Kier alpha value is -4.90. The van der Waals surface area contributed by atoms with Crippen LogP contribution in [0.3, 0.4) is 0 Å². The van der Waals surface area contributed by atoms with Crippen molar-refractivity contribution in [2.45, 2.75) is 26.8 Å². The number of ether oxygens (including phenoxy) is 3. The molecule has 10 nitrogen and oxygen atoms in total. The van der Waals surface area contributed by atoms with E-state index in [4.69, 9.17) is 18.6 Å². The van der Waals surface area contributed by atoms with Crippen LogP contribution in [0.15, 0.2) is 74.0 Å². The summed E-state index contributed by atoms with van der Waals surface area (Å²) in [6.07, 6.45) is 1.60. The summed E-state index contributed by atoms with van der Waals surface area (Å²) in [5.74, 6) is 0.223. The normalized spacial score (nSPS) is 14.8. The van der Waals surface area contributed by atoms with Crippen LogP contribution in [-0.4, -0.2) is 42.4 Å². The average Bonchev–Trinajstić information content (AvgIpc) is 3.56. The first-order valence-corrected chi connectivity index (χ1v) is 13.8. The van der Waals surface area contributed by atoms with Crippen LogP contribution in [0.2, 0.25) is 0 Å². The van der Waals surface area contributed by atoms with E-state index in [1.165, 1.54) is 24.9 Å². The molecule has 5 rings (SSSR count). The number of benzene rings is 2. The number of fused-ring (bicyclic) bond motifs is 1. The molecule has 216 valence electrons. The molecule has 0 fully saturated rings. The first kappa shape index (κ1) is 28.6. The molecule has 1 N–H and O–H groups in total. The van der Waals surface area contributed by atoms with E-state index in [1.807, 2.05) is 6.92 Å². The number of thiazole rings is 1. The summed E-state index contributed by atoms with van der Waals surface area (Å²) in [5.41, 5.74) is 2.41. The number of aromatic nitrogens is 1. The Morgan fingerprint density at radius 3 is 2.57 bits per heavy atom. The van der Waals surface area contributed by atoms with Crippen molar-refractivity contribution in [3.8, 4) is 22.8 Å². The molecule has 1 atom stereocenters. The third-order valence-corrected chi connectivity index (χ3v) is 7.88. The second-order valence-electron chi connectivity index (χ2n) is 9.45. The van der Waals surface area contributed by atoms with Gasteiger partial charge in [-0.2, -0.15) is 0 Å². The highest BCUT2D eigenvalue weighted by Crippen LogP contribution is 2.38. The zero-order chi connectivity index (χ0) is 30.1. The largest absolute Gasteiger partial charge is 0.497 e. The molecule has 0 saturated heterocycles. The molecule has 1 aliphatic rings. The van der Waals surface area contributed by atoms with Crippen molar-refractivity contribution < 1.29 is 33.3 Å².